The zero-order valence-corrected chi connectivity index (χ0v) is 11.8. The molecule has 2 heterocycles. The molecule has 0 saturated heterocycles. The van der Waals surface area contributed by atoms with Gasteiger partial charge in [0, 0.05) is 18.2 Å². The van der Waals surface area contributed by atoms with Gasteiger partial charge in [-0.15, -0.1) is 0 Å². The van der Waals surface area contributed by atoms with E-state index in [1.165, 1.54) is 35.4 Å². The van der Waals surface area contributed by atoms with E-state index >= 15 is 0 Å². The maximum Gasteiger partial charge on any atom is 0.133 e. The Labute approximate surface area is 123 Å². The van der Waals surface area contributed by atoms with Crippen LogP contribution in [0.3, 0.4) is 0 Å². The zero-order chi connectivity index (χ0) is 13.8. The average molecular weight is 275 g/mol. The number of fused-ring (bicyclic) bond motifs is 2. The predicted octanol–water partition coefficient (Wildman–Crippen LogP) is 4.08. The highest BCUT2D eigenvalue weighted by atomic mass is 15.2. The molecule has 3 nitrogen and oxygen atoms in total. The van der Waals surface area contributed by atoms with Crippen LogP contribution in [0, 0.1) is 0 Å². The molecule has 21 heavy (non-hydrogen) atoms. The zero-order valence-electron chi connectivity index (χ0n) is 11.8. The second-order valence-electron chi connectivity index (χ2n) is 6.12. The maximum absolute atomic E-state index is 4.94. The Balaban J connectivity index is 1.64. The molecule has 1 N–H and O–H groups in total. The van der Waals surface area contributed by atoms with Crippen LogP contribution in [-0.2, 0) is 6.42 Å². The maximum atomic E-state index is 4.94. The van der Waals surface area contributed by atoms with Crippen molar-refractivity contribution >= 4 is 16.7 Å². The van der Waals surface area contributed by atoms with Gasteiger partial charge >= 0.3 is 0 Å². The first-order valence-electron chi connectivity index (χ1n) is 7.71. The molecular formula is C18H17N3. The van der Waals surface area contributed by atoms with E-state index in [2.05, 4.69) is 58.4 Å². The van der Waals surface area contributed by atoms with Crippen molar-refractivity contribution in [3.63, 3.8) is 0 Å². The molecule has 1 aliphatic heterocycles. The molecule has 0 radical (unpaired) electrons. The van der Waals surface area contributed by atoms with E-state index in [1.807, 2.05) is 0 Å². The largest absolute Gasteiger partial charge is 0.375 e. The Bertz CT molecular complexity index is 804. The molecule has 1 aromatic heterocycles. The number of imidazole rings is 1. The fourth-order valence-corrected chi connectivity index (χ4v) is 3.48. The van der Waals surface area contributed by atoms with Crippen molar-refractivity contribution in [3.05, 3.63) is 59.9 Å². The molecule has 2 aromatic carbocycles. The fraction of sp³-hybridized carbons (Fsp3) is 0.278. The topological polar surface area (TPSA) is 29.9 Å². The highest BCUT2D eigenvalue weighted by Crippen LogP contribution is 2.42. The summed E-state index contributed by atoms with van der Waals surface area (Å²) >= 11 is 0. The van der Waals surface area contributed by atoms with E-state index in [0.29, 0.717) is 12.1 Å². The summed E-state index contributed by atoms with van der Waals surface area (Å²) in [6.07, 6.45) is 3.60. The van der Waals surface area contributed by atoms with Crippen molar-refractivity contribution < 1.29 is 0 Å². The van der Waals surface area contributed by atoms with E-state index in [1.54, 1.807) is 0 Å². The minimum absolute atomic E-state index is 0.301. The number of nitrogens with one attached hydrogen (secondary N) is 1. The lowest BCUT2D eigenvalue weighted by Gasteiger charge is -2.14. The summed E-state index contributed by atoms with van der Waals surface area (Å²) in [5, 5.41) is 3.65. The van der Waals surface area contributed by atoms with E-state index in [4.69, 9.17) is 4.98 Å². The number of hydrogen-bond donors (Lipinski definition) is 1. The molecule has 2 aliphatic rings. The molecule has 1 atom stereocenters. The normalized spacial score (nSPS) is 20.5. The van der Waals surface area contributed by atoms with Crippen LogP contribution < -0.4 is 5.32 Å². The van der Waals surface area contributed by atoms with Crippen LogP contribution in [0.5, 0.6) is 0 Å². The fourth-order valence-electron chi connectivity index (χ4n) is 3.48. The second kappa shape index (κ2) is 4.10. The quantitative estimate of drug-likeness (QED) is 0.763. The lowest BCUT2D eigenvalue weighted by Crippen LogP contribution is -2.13. The van der Waals surface area contributed by atoms with E-state index in [-0.39, 0.29) is 0 Å². The van der Waals surface area contributed by atoms with E-state index in [9.17, 15) is 0 Å². The van der Waals surface area contributed by atoms with Crippen LogP contribution in [0.25, 0.3) is 11.0 Å². The number of aromatic nitrogens is 2. The SMILES string of the molecule is c1ccc2c(c1)CC(c1nc3ccccc3n1C1CC1)N2. The second-order valence-corrected chi connectivity index (χ2v) is 6.12. The van der Waals surface area contributed by atoms with Crippen LogP contribution in [0.1, 0.15) is 36.3 Å². The van der Waals surface area contributed by atoms with E-state index < -0.39 is 0 Å². The molecule has 5 rings (SSSR count). The first-order chi connectivity index (χ1) is 10.4. The molecule has 1 aliphatic carbocycles. The van der Waals surface area contributed by atoms with Crippen molar-refractivity contribution in [2.45, 2.75) is 31.3 Å². The molecule has 104 valence electrons. The van der Waals surface area contributed by atoms with Gasteiger partial charge in [0.25, 0.3) is 0 Å². The van der Waals surface area contributed by atoms with Gasteiger partial charge in [-0.2, -0.15) is 0 Å². The van der Waals surface area contributed by atoms with Crippen LogP contribution in [-0.4, -0.2) is 9.55 Å². The van der Waals surface area contributed by atoms with Crippen molar-refractivity contribution in [2.24, 2.45) is 0 Å². The minimum atomic E-state index is 0.301. The van der Waals surface area contributed by atoms with Gasteiger partial charge in [-0.1, -0.05) is 30.3 Å². The molecule has 1 saturated carbocycles. The summed E-state index contributed by atoms with van der Waals surface area (Å²) in [5.74, 6) is 1.20. The third-order valence-corrected chi connectivity index (χ3v) is 4.62. The monoisotopic (exact) mass is 275 g/mol. The highest BCUT2D eigenvalue weighted by molar-refractivity contribution is 5.76. The summed E-state index contributed by atoms with van der Waals surface area (Å²) < 4.78 is 2.47. The highest BCUT2D eigenvalue weighted by Gasteiger charge is 2.33. The third kappa shape index (κ3) is 1.70. The Hall–Kier alpha value is -2.29. The van der Waals surface area contributed by atoms with Crippen molar-refractivity contribution in [3.8, 4) is 0 Å². The molecule has 1 fully saturated rings. The summed E-state index contributed by atoms with van der Waals surface area (Å²) in [5.41, 5.74) is 5.07. The Morgan fingerprint density at radius 3 is 2.67 bits per heavy atom. The molecule has 3 aromatic rings. The number of rotatable bonds is 2. The third-order valence-electron chi connectivity index (χ3n) is 4.62. The number of nitrogens with zero attached hydrogens (tertiary/aromatic N) is 2. The molecule has 3 heteroatoms. The van der Waals surface area contributed by atoms with Gasteiger partial charge in [0.05, 0.1) is 17.1 Å². The smallest absolute Gasteiger partial charge is 0.133 e. The van der Waals surface area contributed by atoms with Gasteiger partial charge in [-0.3, -0.25) is 0 Å². The number of para-hydroxylation sites is 3. The summed E-state index contributed by atoms with van der Waals surface area (Å²) in [4.78, 5) is 4.94. The Morgan fingerprint density at radius 2 is 1.81 bits per heavy atom. The molecule has 0 amide bonds. The molecule has 0 bridgehead atoms. The Kier molecular flexibility index (Phi) is 2.22. The van der Waals surface area contributed by atoms with Crippen LogP contribution in [0.2, 0.25) is 0 Å². The average Bonchev–Trinajstić information content (AvgIpc) is 3.14. The van der Waals surface area contributed by atoms with Crippen LogP contribution in [0.4, 0.5) is 5.69 Å². The predicted molar refractivity (Wildman–Crippen MR) is 84.5 cm³/mol. The van der Waals surface area contributed by atoms with Crippen molar-refractivity contribution in [1.82, 2.24) is 9.55 Å². The minimum Gasteiger partial charge on any atom is -0.375 e. The van der Waals surface area contributed by atoms with Crippen molar-refractivity contribution in [2.75, 3.05) is 5.32 Å². The number of anilines is 1. The summed E-state index contributed by atoms with van der Waals surface area (Å²) in [7, 11) is 0. The van der Waals surface area contributed by atoms with Gasteiger partial charge < -0.3 is 9.88 Å². The van der Waals surface area contributed by atoms with Gasteiger partial charge in [0.1, 0.15) is 5.82 Å². The first kappa shape index (κ1) is 11.4. The number of benzene rings is 2. The summed E-state index contributed by atoms with van der Waals surface area (Å²) in [6.45, 7) is 0. The standard InChI is InChI=1S/C18H17N3/c1-2-6-14-12(5-1)11-16(19-14)18-20-15-7-3-4-8-17(15)21(18)13-9-10-13/h1-8,13,16,19H,9-11H2. The van der Waals surface area contributed by atoms with Gasteiger partial charge in [0.15, 0.2) is 0 Å². The lowest BCUT2D eigenvalue weighted by atomic mass is 10.1. The molecule has 1 unspecified atom stereocenters. The van der Waals surface area contributed by atoms with E-state index in [0.717, 1.165) is 11.9 Å². The van der Waals surface area contributed by atoms with Gasteiger partial charge in [0.2, 0.25) is 0 Å². The van der Waals surface area contributed by atoms with Crippen molar-refractivity contribution in [1.29, 1.82) is 0 Å². The van der Waals surface area contributed by atoms with Gasteiger partial charge in [-0.25, -0.2) is 4.98 Å². The Morgan fingerprint density at radius 1 is 1.00 bits per heavy atom. The summed E-state index contributed by atoms with van der Waals surface area (Å²) in [6, 6.07) is 18.1. The van der Waals surface area contributed by atoms with Crippen LogP contribution >= 0.6 is 0 Å². The van der Waals surface area contributed by atoms with Crippen LogP contribution in [0.15, 0.2) is 48.5 Å². The molecular weight excluding hydrogens is 258 g/mol. The number of hydrogen-bond acceptors (Lipinski definition) is 2. The molecule has 0 spiro atoms. The lowest BCUT2D eigenvalue weighted by molar-refractivity contribution is 0.645. The van der Waals surface area contributed by atoms with Gasteiger partial charge in [-0.05, 0) is 36.6 Å². The first-order valence-corrected chi connectivity index (χ1v) is 7.71.